The number of pyridine rings is 1. The third-order valence-electron chi connectivity index (χ3n) is 3.63. The summed E-state index contributed by atoms with van der Waals surface area (Å²) in [5.74, 6) is 0.380. The van der Waals surface area contributed by atoms with Crippen LogP contribution in [0, 0.1) is 6.92 Å². The minimum Gasteiger partial charge on any atom is -0.383 e. The number of aliphatic hydroxyl groups is 1. The molecular formula is C17H16N2O. The lowest BCUT2D eigenvalue weighted by molar-refractivity contribution is 0.221. The van der Waals surface area contributed by atoms with Gasteiger partial charge in [0.2, 0.25) is 0 Å². The Hall–Kier alpha value is -2.39. The molecule has 3 aromatic rings. The van der Waals surface area contributed by atoms with Crippen molar-refractivity contribution in [2.24, 2.45) is 0 Å². The number of nitrogens with zero attached hydrogens (tertiary/aromatic N) is 1. The maximum atomic E-state index is 10.7. The van der Waals surface area contributed by atoms with E-state index >= 15 is 0 Å². The second kappa shape index (κ2) is 4.94. The molecule has 20 heavy (non-hydrogen) atoms. The van der Waals surface area contributed by atoms with Gasteiger partial charge in [0.05, 0.1) is 0 Å². The fraction of sp³-hybridized carbons (Fsp3) is 0.118. The van der Waals surface area contributed by atoms with Gasteiger partial charge in [0.1, 0.15) is 11.9 Å². The highest BCUT2D eigenvalue weighted by molar-refractivity contribution is 5.86. The first-order valence-electron chi connectivity index (χ1n) is 6.55. The largest absolute Gasteiger partial charge is 0.383 e. The molecule has 0 radical (unpaired) electrons. The number of nitrogen functional groups attached to an aromatic ring is 1. The van der Waals surface area contributed by atoms with Gasteiger partial charge in [-0.3, -0.25) is 0 Å². The minimum absolute atomic E-state index is 0.380. The molecule has 100 valence electrons. The Morgan fingerprint density at radius 1 is 1.05 bits per heavy atom. The molecule has 3 nitrogen and oxygen atoms in total. The second-order valence-electron chi connectivity index (χ2n) is 4.90. The van der Waals surface area contributed by atoms with Crippen LogP contribution in [0.25, 0.3) is 10.8 Å². The summed E-state index contributed by atoms with van der Waals surface area (Å²) in [6.45, 7) is 1.93. The fourth-order valence-electron chi connectivity index (χ4n) is 2.59. The molecule has 1 heterocycles. The highest BCUT2D eigenvalue weighted by Gasteiger charge is 2.18. The molecular weight excluding hydrogens is 248 g/mol. The molecule has 3 N–H and O–H groups in total. The van der Waals surface area contributed by atoms with E-state index in [2.05, 4.69) is 4.98 Å². The number of anilines is 1. The van der Waals surface area contributed by atoms with Crippen molar-refractivity contribution in [2.45, 2.75) is 13.0 Å². The Balaban J connectivity index is 2.21. The molecule has 0 bridgehead atoms. The van der Waals surface area contributed by atoms with Gasteiger partial charge in [0, 0.05) is 11.8 Å². The molecule has 1 atom stereocenters. The van der Waals surface area contributed by atoms with Crippen molar-refractivity contribution in [3.05, 3.63) is 71.4 Å². The van der Waals surface area contributed by atoms with Gasteiger partial charge < -0.3 is 10.8 Å². The van der Waals surface area contributed by atoms with Crippen LogP contribution in [-0.4, -0.2) is 10.1 Å². The number of fused-ring (bicyclic) bond motifs is 1. The number of aryl methyl sites for hydroxylation is 1. The number of aromatic nitrogens is 1. The molecule has 0 saturated heterocycles. The quantitative estimate of drug-likeness (QED) is 0.747. The number of hydrogen-bond acceptors (Lipinski definition) is 3. The van der Waals surface area contributed by atoms with E-state index in [-0.39, 0.29) is 0 Å². The monoisotopic (exact) mass is 264 g/mol. The van der Waals surface area contributed by atoms with Crippen molar-refractivity contribution in [1.82, 2.24) is 4.98 Å². The zero-order valence-electron chi connectivity index (χ0n) is 11.2. The molecule has 2 aromatic carbocycles. The summed E-state index contributed by atoms with van der Waals surface area (Å²) in [5.41, 5.74) is 8.41. The van der Waals surface area contributed by atoms with Crippen LogP contribution in [0.15, 0.2) is 54.7 Å². The average Bonchev–Trinajstić information content (AvgIpc) is 2.46. The lowest BCUT2D eigenvalue weighted by atomic mass is 9.94. The molecule has 0 aliphatic carbocycles. The van der Waals surface area contributed by atoms with Crippen LogP contribution in [0.3, 0.4) is 0 Å². The van der Waals surface area contributed by atoms with Crippen LogP contribution in [0.5, 0.6) is 0 Å². The Bertz CT molecular complexity index is 742. The first-order chi connectivity index (χ1) is 9.68. The van der Waals surface area contributed by atoms with Crippen molar-refractivity contribution in [3.63, 3.8) is 0 Å². The molecule has 1 unspecified atom stereocenters. The normalized spacial score (nSPS) is 12.5. The smallest absolute Gasteiger partial charge is 0.129 e. The van der Waals surface area contributed by atoms with Crippen LogP contribution >= 0.6 is 0 Å². The summed E-state index contributed by atoms with van der Waals surface area (Å²) in [7, 11) is 0. The highest BCUT2D eigenvalue weighted by Crippen LogP contribution is 2.32. The average molecular weight is 264 g/mol. The van der Waals surface area contributed by atoms with E-state index in [1.165, 1.54) is 0 Å². The molecule has 1 aromatic heterocycles. The zero-order chi connectivity index (χ0) is 14.1. The Morgan fingerprint density at radius 2 is 1.80 bits per heavy atom. The van der Waals surface area contributed by atoms with Gasteiger partial charge >= 0.3 is 0 Å². The van der Waals surface area contributed by atoms with Gasteiger partial charge in [-0.1, -0.05) is 42.5 Å². The maximum absolute atomic E-state index is 10.7. The first-order valence-corrected chi connectivity index (χ1v) is 6.55. The van der Waals surface area contributed by atoms with Gasteiger partial charge in [-0.2, -0.15) is 0 Å². The second-order valence-corrected chi connectivity index (χ2v) is 4.90. The summed E-state index contributed by atoms with van der Waals surface area (Å²) in [6.07, 6.45) is 0.888. The fourth-order valence-corrected chi connectivity index (χ4v) is 2.59. The van der Waals surface area contributed by atoms with Gasteiger partial charge in [-0.05, 0) is 34.9 Å². The van der Waals surface area contributed by atoms with Crippen molar-refractivity contribution >= 4 is 16.6 Å². The summed E-state index contributed by atoms with van der Waals surface area (Å²) in [5, 5.41) is 12.9. The van der Waals surface area contributed by atoms with Crippen molar-refractivity contribution in [2.75, 3.05) is 5.73 Å². The topological polar surface area (TPSA) is 59.1 Å². The molecule has 0 spiro atoms. The number of aliphatic hydroxyl groups excluding tert-OH is 1. The van der Waals surface area contributed by atoms with E-state index in [4.69, 9.17) is 5.73 Å². The number of benzene rings is 2. The molecule has 0 fully saturated rings. The predicted molar refractivity (Wildman–Crippen MR) is 81.4 cm³/mol. The Kier molecular flexibility index (Phi) is 3.12. The molecule has 0 aliphatic rings. The van der Waals surface area contributed by atoms with Crippen molar-refractivity contribution in [1.29, 1.82) is 0 Å². The molecule has 0 amide bonds. The summed E-state index contributed by atoms with van der Waals surface area (Å²) < 4.78 is 0. The number of hydrogen-bond donors (Lipinski definition) is 2. The van der Waals surface area contributed by atoms with E-state index in [9.17, 15) is 5.11 Å². The molecule has 3 rings (SSSR count). The summed E-state index contributed by atoms with van der Waals surface area (Å²) >= 11 is 0. The van der Waals surface area contributed by atoms with E-state index in [1.807, 2.05) is 55.5 Å². The van der Waals surface area contributed by atoms with Gasteiger partial charge in [-0.25, -0.2) is 4.98 Å². The Morgan fingerprint density at radius 3 is 2.60 bits per heavy atom. The van der Waals surface area contributed by atoms with E-state index < -0.39 is 6.10 Å². The number of rotatable bonds is 2. The van der Waals surface area contributed by atoms with Gasteiger partial charge in [0.15, 0.2) is 0 Å². The standard InChI is InChI=1S/C17H16N2O/c1-11-9-10-19-17(18)15(11)16(20)14-8-4-6-12-5-2-3-7-13(12)14/h2-10,16,20H,1H3,(H2,18,19). The lowest BCUT2D eigenvalue weighted by Crippen LogP contribution is -2.08. The lowest BCUT2D eigenvalue weighted by Gasteiger charge is -2.17. The van der Waals surface area contributed by atoms with Gasteiger partial charge in [0.25, 0.3) is 0 Å². The summed E-state index contributed by atoms with van der Waals surface area (Å²) in [4.78, 5) is 4.08. The predicted octanol–water partition coefficient (Wildman–Crippen LogP) is 3.21. The van der Waals surface area contributed by atoms with Crippen LogP contribution in [0.2, 0.25) is 0 Å². The first kappa shape index (κ1) is 12.6. The van der Waals surface area contributed by atoms with E-state index in [0.29, 0.717) is 11.4 Å². The van der Waals surface area contributed by atoms with Crippen LogP contribution in [0.1, 0.15) is 22.8 Å². The van der Waals surface area contributed by atoms with Crippen LogP contribution < -0.4 is 5.73 Å². The molecule has 0 saturated carbocycles. The maximum Gasteiger partial charge on any atom is 0.129 e. The third-order valence-corrected chi connectivity index (χ3v) is 3.63. The van der Waals surface area contributed by atoms with Crippen molar-refractivity contribution < 1.29 is 5.11 Å². The third kappa shape index (κ3) is 2.02. The number of nitrogens with two attached hydrogens (primary N) is 1. The Labute approximate surface area is 117 Å². The van der Waals surface area contributed by atoms with Gasteiger partial charge in [-0.15, -0.1) is 0 Å². The molecule has 3 heteroatoms. The van der Waals surface area contributed by atoms with Crippen molar-refractivity contribution in [3.8, 4) is 0 Å². The highest BCUT2D eigenvalue weighted by atomic mass is 16.3. The summed E-state index contributed by atoms with van der Waals surface area (Å²) in [6, 6.07) is 15.8. The SMILES string of the molecule is Cc1ccnc(N)c1C(O)c1cccc2ccccc12. The zero-order valence-corrected chi connectivity index (χ0v) is 11.2. The molecule has 0 aliphatic heterocycles. The minimum atomic E-state index is -0.769. The van der Waals surface area contributed by atoms with Crippen LogP contribution in [-0.2, 0) is 0 Å². The van der Waals surface area contributed by atoms with E-state index in [0.717, 1.165) is 21.9 Å². The van der Waals surface area contributed by atoms with E-state index in [1.54, 1.807) is 6.20 Å². The van der Waals surface area contributed by atoms with Crippen LogP contribution in [0.4, 0.5) is 5.82 Å².